The van der Waals surface area contributed by atoms with Crippen molar-refractivity contribution in [2.24, 2.45) is 0 Å². The van der Waals surface area contributed by atoms with Gasteiger partial charge in [-0.15, -0.1) is 0 Å². The molecule has 2 aromatic rings. The molecular weight excluding hydrogens is 447 g/mol. The van der Waals surface area contributed by atoms with Crippen LogP contribution in [0.25, 0.3) is 0 Å². The monoisotopic (exact) mass is 472 g/mol. The second-order valence-corrected chi connectivity index (χ2v) is 7.84. The third-order valence-electron chi connectivity index (χ3n) is 4.35. The highest BCUT2D eigenvalue weighted by Gasteiger charge is 2.52. The molecule has 1 aliphatic heterocycles. The molecule has 0 amide bonds. The van der Waals surface area contributed by atoms with Crippen molar-refractivity contribution in [3.8, 4) is 17.2 Å². The fourth-order valence-corrected chi connectivity index (χ4v) is 3.05. The predicted molar refractivity (Wildman–Crippen MR) is 119 cm³/mol. The molecule has 1 fully saturated rings. The Morgan fingerprint density at radius 1 is 0.941 bits per heavy atom. The summed E-state index contributed by atoms with van der Waals surface area (Å²) >= 11 is 0. The van der Waals surface area contributed by atoms with E-state index in [9.17, 15) is 19.5 Å². The van der Waals surface area contributed by atoms with Gasteiger partial charge in [0.05, 0.1) is 12.2 Å². The van der Waals surface area contributed by atoms with Crippen molar-refractivity contribution < 1.29 is 47.7 Å². The molecule has 0 bridgehead atoms. The van der Waals surface area contributed by atoms with E-state index in [4.69, 9.17) is 28.2 Å². The molecule has 34 heavy (non-hydrogen) atoms. The van der Waals surface area contributed by atoms with Gasteiger partial charge in [0.15, 0.2) is 6.10 Å². The number of carboxylic acid groups (broad SMARTS) is 1. The SMILES string of the molecule is CC(C)Oc1cccc(OC(C)C)c1C(=O)O[C@@H](C(=O)O)[C@H]1OB(Oc2ccccc2)OC1=O. The highest BCUT2D eigenvalue weighted by molar-refractivity contribution is 6.43. The lowest BCUT2D eigenvalue weighted by atomic mass is 10.1. The summed E-state index contributed by atoms with van der Waals surface area (Å²) < 4.78 is 32.3. The molecule has 0 saturated carbocycles. The summed E-state index contributed by atoms with van der Waals surface area (Å²) in [6.07, 6.45) is -4.34. The molecule has 0 aromatic heterocycles. The van der Waals surface area contributed by atoms with Crippen LogP contribution in [0.1, 0.15) is 38.1 Å². The van der Waals surface area contributed by atoms with Crippen molar-refractivity contribution in [2.45, 2.75) is 52.1 Å². The first-order valence-electron chi connectivity index (χ1n) is 10.6. The van der Waals surface area contributed by atoms with Crippen molar-refractivity contribution in [1.29, 1.82) is 0 Å². The smallest absolute Gasteiger partial charge is 0.501 e. The maximum absolute atomic E-state index is 13.1. The minimum absolute atomic E-state index is 0.111. The van der Waals surface area contributed by atoms with E-state index in [0.29, 0.717) is 5.75 Å². The molecule has 0 spiro atoms. The highest BCUT2D eigenvalue weighted by atomic mass is 16.8. The first kappa shape index (κ1) is 24.9. The number of carbonyl (C=O) groups is 3. The van der Waals surface area contributed by atoms with Crippen LogP contribution in [0.4, 0.5) is 0 Å². The average Bonchev–Trinajstić information content (AvgIpc) is 3.11. The molecule has 2 aromatic carbocycles. The zero-order valence-corrected chi connectivity index (χ0v) is 19.1. The maximum Gasteiger partial charge on any atom is 0.790 e. The molecule has 2 atom stereocenters. The lowest BCUT2D eigenvalue weighted by Crippen LogP contribution is -2.42. The summed E-state index contributed by atoms with van der Waals surface area (Å²) in [6.45, 7) is 7.06. The van der Waals surface area contributed by atoms with Gasteiger partial charge in [-0.3, -0.25) is 4.79 Å². The van der Waals surface area contributed by atoms with E-state index in [2.05, 4.69) is 0 Å². The van der Waals surface area contributed by atoms with Gasteiger partial charge in [0.2, 0.25) is 6.10 Å². The zero-order chi connectivity index (χ0) is 24.8. The summed E-state index contributed by atoms with van der Waals surface area (Å²) in [5, 5.41) is 9.68. The number of ether oxygens (including phenoxy) is 3. The molecule has 1 N–H and O–H groups in total. The number of carbonyl (C=O) groups excluding carboxylic acids is 2. The Kier molecular flexibility index (Phi) is 8.01. The molecule has 0 aliphatic carbocycles. The van der Waals surface area contributed by atoms with Gasteiger partial charge in [-0.1, -0.05) is 24.3 Å². The van der Waals surface area contributed by atoms with Gasteiger partial charge >= 0.3 is 25.2 Å². The number of benzene rings is 2. The van der Waals surface area contributed by atoms with Crippen LogP contribution in [-0.2, 0) is 23.6 Å². The largest absolute Gasteiger partial charge is 0.790 e. The molecule has 11 heteroatoms. The van der Waals surface area contributed by atoms with Crippen LogP contribution >= 0.6 is 0 Å². The van der Waals surface area contributed by atoms with Gasteiger partial charge in [0, 0.05) is 0 Å². The number of hydrogen-bond acceptors (Lipinski definition) is 9. The molecule has 10 nitrogen and oxygen atoms in total. The van der Waals surface area contributed by atoms with E-state index in [1.54, 1.807) is 64.1 Å². The fraction of sp³-hybridized carbons (Fsp3) is 0.348. The molecule has 1 saturated heterocycles. The van der Waals surface area contributed by atoms with Crippen molar-refractivity contribution >= 4 is 25.2 Å². The quantitative estimate of drug-likeness (QED) is 0.407. The van der Waals surface area contributed by atoms with Crippen LogP contribution < -0.4 is 14.1 Å². The number of rotatable bonds is 10. The van der Waals surface area contributed by atoms with Crippen LogP contribution in [0.3, 0.4) is 0 Å². The predicted octanol–water partition coefficient (Wildman–Crippen LogP) is 2.88. The van der Waals surface area contributed by atoms with Crippen molar-refractivity contribution in [3.05, 3.63) is 54.1 Å². The van der Waals surface area contributed by atoms with Gasteiger partial charge in [-0.2, -0.15) is 0 Å². The molecule has 0 radical (unpaired) electrons. The van der Waals surface area contributed by atoms with E-state index >= 15 is 0 Å². The lowest BCUT2D eigenvalue weighted by Gasteiger charge is -2.21. The first-order valence-corrected chi connectivity index (χ1v) is 10.6. The number of aliphatic carboxylic acids is 1. The highest BCUT2D eigenvalue weighted by Crippen LogP contribution is 2.32. The summed E-state index contributed by atoms with van der Waals surface area (Å²) in [4.78, 5) is 37.4. The fourth-order valence-electron chi connectivity index (χ4n) is 3.05. The summed E-state index contributed by atoms with van der Waals surface area (Å²) in [5.41, 5.74) is -0.111. The molecule has 1 aliphatic rings. The topological polar surface area (TPSA) is 127 Å². The third-order valence-corrected chi connectivity index (χ3v) is 4.35. The van der Waals surface area contributed by atoms with E-state index in [1.165, 1.54) is 12.1 Å². The van der Waals surface area contributed by atoms with Crippen LogP contribution in [0.2, 0.25) is 0 Å². The Labute approximate surface area is 196 Å². The van der Waals surface area contributed by atoms with Gasteiger partial charge in [0.25, 0.3) is 0 Å². The lowest BCUT2D eigenvalue weighted by molar-refractivity contribution is -0.158. The second kappa shape index (κ2) is 10.9. The van der Waals surface area contributed by atoms with Gasteiger partial charge in [-0.05, 0) is 52.0 Å². The van der Waals surface area contributed by atoms with Crippen LogP contribution in [-0.4, -0.2) is 54.8 Å². The molecule has 3 rings (SSSR count). The minimum Gasteiger partial charge on any atom is -0.501 e. The Morgan fingerprint density at radius 2 is 1.53 bits per heavy atom. The van der Waals surface area contributed by atoms with Crippen molar-refractivity contribution in [1.82, 2.24) is 0 Å². The maximum atomic E-state index is 13.1. The molecular formula is C23H25BO10. The number of carboxylic acids is 1. The Hall–Kier alpha value is -3.73. The molecule has 0 unspecified atom stereocenters. The summed E-state index contributed by atoms with van der Waals surface area (Å²) in [7, 11) is -1.50. The van der Waals surface area contributed by atoms with E-state index in [0.717, 1.165) is 0 Å². The number of para-hydroxylation sites is 1. The van der Waals surface area contributed by atoms with Crippen LogP contribution in [0, 0.1) is 0 Å². The number of esters is 1. The Bertz CT molecular complexity index is 995. The third kappa shape index (κ3) is 6.19. The normalized spacial score (nSPS) is 16.2. The number of hydrogen-bond donors (Lipinski definition) is 1. The van der Waals surface area contributed by atoms with Crippen molar-refractivity contribution in [2.75, 3.05) is 0 Å². The van der Waals surface area contributed by atoms with Gasteiger partial charge in [0.1, 0.15) is 22.8 Å². The van der Waals surface area contributed by atoms with E-state index in [1.807, 2.05) is 0 Å². The van der Waals surface area contributed by atoms with E-state index in [-0.39, 0.29) is 29.3 Å². The summed E-state index contributed by atoms with van der Waals surface area (Å²) in [5.74, 6) is -3.11. The Morgan fingerprint density at radius 3 is 2.06 bits per heavy atom. The Balaban J connectivity index is 1.82. The van der Waals surface area contributed by atoms with Crippen molar-refractivity contribution in [3.63, 3.8) is 0 Å². The standard InChI is InChI=1S/C23H25BO10/c1-13(2)29-16-11-8-12-17(30-14(3)4)18(16)22(27)31-19(21(25)26)20-23(28)34-24(33-20)32-15-9-6-5-7-10-15/h5-14,19-20H,1-4H3,(H,25,26)/t19-,20-/m1/s1. The zero-order valence-electron chi connectivity index (χ0n) is 19.1. The van der Waals surface area contributed by atoms with Gasteiger partial charge < -0.3 is 33.3 Å². The van der Waals surface area contributed by atoms with Gasteiger partial charge in [-0.25, -0.2) is 9.59 Å². The first-order chi connectivity index (χ1) is 16.2. The average molecular weight is 472 g/mol. The van der Waals surface area contributed by atoms with E-state index < -0.39 is 37.4 Å². The molecule has 1 heterocycles. The summed E-state index contributed by atoms with van der Waals surface area (Å²) in [6, 6.07) is 13.0. The minimum atomic E-state index is -2.01. The van der Waals surface area contributed by atoms with Crippen LogP contribution in [0.5, 0.6) is 17.2 Å². The molecule has 180 valence electrons. The van der Waals surface area contributed by atoms with Crippen LogP contribution in [0.15, 0.2) is 48.5 Å². The second-order valence-electron chi connectivity index (χ2n) is 7.84.